The first kappa shape index (κ1) is 17.5. The van der Waals surface area contributed by atoms with Crippen LogP contribution in [-0.4, -0.2) is 38.1 Å². The Balaban J connectivity index is 1.80. The van der Waals surface area contributed by atoms with Crippen LogP contribution in [0, 0.1) is 5.92 Å². The minimum Gasteiger partial charge on any atom is -0.478 e. The van der Waals surface area contributed by atoms with Crippen LogP contribution in [0.1, 0.15) is 29.6 Å². The number of pyridine rings is 1. The Morgan fingerprint density at radius 1 is 1.36 bits per heavy atom. The van der Waals surface area contributed by atoms with Crippen molar-refractivity contribution in [2.75, 3.05) is 0 Å². The number of aromatic nitrogens is 3. The summed E-state index contributed by atoms with van der Waals surface area (Å²) >= 11 is 5.78. The first-order valence-corrected chi connectivity index (χ1v) is 7.83. The monoisotopic (exact) mass is 375 g/mol. The number of hydrogen-bond acceptors (Lipinski definition) is 4. The van der Waals surface area contributed by atoms with Crippen LogP contribution in [0.25, 0.3) is 5.82 Å². The van der Waals surface area contributed by atoms with E-state index in [2.05, 4.69) is 10.1 Å². The first-order valence-electron chi connectivity index (χ1n) is 7.45. The molecule has 10 heteroatoms. The summed E-state index contributed by atoms with van der Waals surface area (Å²) < 4.78 is 45.6. The molecule has 134 valence electrons. The SMILES string of the molecule is O=C(O)c1ccc(-n2ccc(OC(C3CCC3)C(F)(F)F)n2)nc1Cl. The maximum atomic E-state index is 13.1. The lowest BCUT2D eigenvalue weighted by Crippen LogP contribution is -2.43. The van der Waals surface area contributed by atoms with Gasteiger partial charge in [-0.3, -0.25) is 0 Å². The smallest absolute Gasteiger partial charge is 0.425 e. The van der Waals surface area contributed by atoms with Gasteiger partial charge in [-0.05, 0) is 25.0 Å². The number of ether oxygens (including phenoxy) is 1. The van der Waals surface area contributed by atoms with Crippen molar-refractivity contribution in [3.63, 3.8) is 0 Å². The highest BCUT2D eigenvalue weighted by Crippen LogP contribution is 2.39. The third-order valence-electron chi connectivity index (χ3n) is 4.01. The summed E-state index contributed by atoms with van der Waals surface area (Å²) in [4.78, 5) is 14.8. The van der Waals surface area contributed by atoms with E-state index >= 15 is 0 Å². The van der Waals surface area contributed by atoms with Crippen molar-refractivity contribution < 1.29 is 27.8 Å². The van der Waals surface area contributed by atoms with Gasteiger partial charge in [-0.25, -0.2) is 14.5 Å². The molecule has 1 aliphatic rings. The van der Waals surface area contributed by atoms with Crippen molar-refractivity contribution in [1.82, 2.24) is 14.8 Å². The Hall–Kier alpha value is -2.29. The molecule has 6 nitrogen and oxygen atoms in total. The summed E-state index contributed by atoms with van der Waals surface area (Å²) in [6.07, 6.45) is -3.30. The zero-order valence-electron chi connectivity index (χ0n) is 12.7. The highest BCUT2D eigenvalue weighted by molar-refractivity contribution is 6.32. The molecule has 2 aromatic heterocycles. The Labute approximate surface area is 145 Å². The number of nitrogens with zero attached hydrogens (tertiary/aromatic N) is 3. The van der Waals surface area contributed by atoms with Crippen LogP contribution in [0.5, 0.6) is 5.88 Å². The second-order valence-corrected chi connectivity index (χ2v) is 6.04. The molecule has 0 aromatic carbocycles. The van der Waals surface area contributed by atoms with E-state index in [4.69, 9.17) is 21.4 Å². The number of carbonyl (C=O) groups is 1. The zero-order valence-corrected chi connectivity index (χ0v) is 13.5. The Morgan fingerprint density at radius 3 is 2.60 bits per heavy atom. The predicted molar refractivity (Wildman–Crippen MR) is 81.1 cm³/mol. The number of halogens is 4. The molecule has 25 heavy (non-hydrogen) atoms. The number of alkyl halides is 3. The van der Waals surface area contributed by atoms with Gasteiger partial charge in [0.2, 0.25) is 5.88 Å². The van der Waals surface area contributed by atoms with Gasteiger partial charge in [-0.2, -0.15) is 13.2 Å². The van der Waals surface area contributed by atoms with Crippen molar-refractivity contribution in [3.05, 3.63) is 35.1 Å². The molecule has 1 aliphatic carbocycles. The van der Waals surface area contributed by atoms with Gasteiger partial charge in [0.25, 0.3) is 0 Å². The lowest BCUT2D eigenvalue weighted by atomic mass is 9.81. The zero-order chi connectivity index (χ0) is 18.2. The molecule has 1 unspecified atom stereocenters. The van der Waals surface area contributed by atoms with Gasteiger partial charge in [-0.1, -0.05) is 18.0 Å². The average molecular weight is 376 g/mol. The van der Waals surface area contributed by atoms with Crippen LogP contribution in [0.4, 0.5) is 13.2 Å². The van der Waals surface area contributed by atoms with Crippen LogP contribution in [0.3, 0.4) is 0 Å². The van der Waals surface area contributed by atoms with Crippen molar-refractivity contribution >= 4 is 17.6 Å². The topological polar surface area (TPSA) is 77.2 Å². The molecule has 3 rings (SSSR count). The minimum absolute atomic E-state index is 0.164. The highest BCUT2D eigenvalue weighted by atomic mass is 35.5. The molecule has 2 heterocycles. The van der Waals surface area contributed by atoms with E-state index in [1.165, 1.54) is 29.1 Å². The number of carboxylic acid groups (broad SMARTS) is 1. The van der Waals surface area contributed by atoms with E-state index in [0.717, 1.165) is 6.42 Å². The van der Waals surface area contributed by atoms with E-state index in [1.54, 1.807) is 0 Å². The Morgan fingerprint density at radius 2 is 2.08 bits per heavy atom. The normalized spacial score (nSPS) is 16.3. The molecule has 0 radical (unpaired) electrons. The van der Waals surface area contributed by atoms with E-state index in [1.807, 2.05) is 0 Å². The summed E-state index contributed by atoms with van der Waals surface area (Å²) in [5.41, 5.74) is -0.184. The van der Waals surface area contributed by atoms with Crippen molar-refractivity contribution in [1.29, 1.82) is 0 Å². The van der Waals surface area contributed by atoms with Crippen molar-refractivity contribution in [3.8, 4) is 11.7 Å². The van der Waals surface area contributed by atoms with E-state index < -0.39 is 24.2 Å². The maximum absolute atomic E-state index is 13.1. The number of rotatable bonds is 5. The van der Waals surface area contributed by atoms with Crippen LogP contribution >= 0.6 is 11.6 Å². The molecule has 1 atom stereocenters. The second kappa shape index (κ2) is 6.55. The van der Waals surface area contributed by atoms with Crippen LogP contribution in [0.2, 0.25) is 5.15 Å². The molecule has 1 N–H and O–H groups in total. The minimum atomic E-state index is -4.47. The van der Waals surface area contributed by atoms with Crippen LogP contribution in [-0.2, 0) is 0 Å². The highest BCUT2D eigenvalue weighted by Gasteiger charge is 2.48. The molecule has 1 fully saturated rings. The second-order valence-electron chi connectivity index (χ2n) is 5.68. The van der Waals surface area contributed by atoms with E-state index in [9.17, 15) is 18.0 Å². The summed E-state index contributed by atoms with van der Waals surface area (Å²) in [5, 5.41) is 12.6. The molecule has 0 saturated heterocycles. The maximum Gasteiger partial charge on any atom is 0.425 e. The lowest BCUT2D eigenvalue weighted by molar-refractivity contribution is -0.218. The predicted octanol–water partition coefficient (Wildman–Crippen LogP) is 3.73. The largest absolute Gasteiger partial charge is 0.478 e. The lowest BCUT2D eigenvalue weighted by Gasteiger charge is -2.34. The molecule has 0 bridgehead atoms. The van der Waals surface area contributed by atoms with Gasteiger partial charge in [0, 0.05) is 18.2 Å². The summed E-state index contributed by atoms with van der Waals surface area (Å²) in [5.74, 6) is -1.82. The van der Waals surface area contributed by atoms with E-state index in [-0.39, 0.29) is 22.4 Å². The number of hydrogen-bond donors (Lipinski definition) is 1. The molecule has 0 aliphatic heterocycles. The van der Waals surface area contributed by atoms with Gasteiger partial charge in [0.1, 0.15) is 5.15 Å². The fraction of sp³-hybridized carbons (Fsp3) is 0.400. The van der Waals surface area contributed by atoms with Crippen molar-refractivity contribution in [2.45, 2.75) is 31.5 Å². The van der Waals surface area contributed by atoms with Crippen molar-refractivity contribution in [2.24, 2.45) is 5.92 Å². The van der Waals surface area contributed by atoms with Gasteiger partial charge < -0.3 is 9.84 Å². The van der Waals surface area contributed by atoms with E-state index in [0.29, 0.717) is 12.8 Å². The Bertz CT molecular complexity index is 790. The van der Waals surface area contributed by atoms with Gasteiger partial charge in [-0.15, -0.1) is 5.10 Å². The third-order valence-corrected chi connectivity index (χ3v) is 4.30. The molecule has 1 saturated carbocycles. The fourth-order valence-electron chi connectivity index (χ4n) is 2.51. The number of aromatic carboxylic acids is 1. The quantitative estimate of drug-likeness (QED) is 0.806. The molecular formula is C15H13ClF3N3O3. The van der Waals surface area contributed by atoms with Gasteiger partial charge in [0.05, 0.1) is 5.56 Å². The van der Waals surface area contributed by atoms with Gasteiger partial charge in [0.15, 0.2) is 11.9 Å². The number of carboxylic acids is 1. The molecule has 0 spiro atoms. The standard InChI is InChI=1S/C15H13ClF3N3O3/c16-13-9(14(23)24)4-5-10(20-13)22-7-6-11(21-22)25-12(15(17,18)19)8-2-1-3-8/h4-8,12H,1-3H2,(H,23,24). The van der Waals surface area contributed by atoms with Crippen LogP contribution in [0.15, 0.2) is 24.4 Å². The Kier molecular flexibility index (Phi) is 4.59. The van der Waals surface area contributed by atoms with Gasteiger partial charge >= 0.3 is 12.1 Å². The average Bonchev–Trinajstić information content (AvgIpc) is 2.92. The fourth-order valence-corrected chi connectivity index (χ4v) is 2.74. The summed E-state index contributed by atoms with van der Waals surface area (Å²) in [7, 11) is 0. The summed E-state index contributed by atoms with van der Waals surface area (Å²) in [6, 6.07) is 3.87. The third kappa shape index (κ3) is 3.71. The molecule has 0 amide bonds. The van der Waals surface area contributed by atoms with Crippen LogP contribution < -0.4 is 4.74 Å². The molecule has 2 aromatic rings. The molecular weight excluding hydrogens is 363 g/mol. The summed E-state index contributed by atoms with van der Waals surface area (Å²) in [6.45, 7) is 0. The first-order chi connectivity index (χ1) is 11.8.